The van der Waals surface area contributed by atoms with Crippen LogP contribution in [0, 0.1) is 11.7 Å². The zero-order valence-electron chi connectivity index (χ0n) is 17.9. The van der Waals surface area contributed by atoms with Gasteiger partial charge in [0.2, 0.25) is 5.91 Å². The van der Waals surface area contributed by atoms with E-state index in [0.29, 0.717) is 24.5 Å². The fourth-order valence-electron chi connectivity index (χ4n) is 4.06. The lowest BCUT2D eigenvalue weighted by molar-refractivity contribution is -0.131. The maximum absolute atomic E-state index is 14.0. The topological polar surface area (TPSA) is 97.9 Å². The van der Waals surface area contributed by atoms with E-state index in [9.17, 15) is 14.3 Å². The van der Waals surface area contributed by atoms with Gasteiger partial charge in [-0.25, -0.2) is 9.37 Å². The van der Waals surface area contributed by atoms with Crippen molar-refractivity contribution in [1.82, 2.24) is 25.1 Å². The van der Waals surface area contributed by atoms with Gasteiger partial charge in [-0.05, 0) is 60.2 Å². The summed E-state index contributed by atoms with van der Waals surface area (Å²) in [5, 5.41) is 18.0. The average molecular weight is 433 g/mol. The van der Waals surface area contributed by atoms with Gasteiger partial charge < -0.3 is 15.0 Å². The van der Waals surface area contributed by atoms with E-state index < -0.39 is 5.82 Å². The molecular weight excluding hydrogens is 409 g/mol. The number of aromatic amines is 2. The van der Waals surface area contributed by atoms with Crippen LogP contribution in [0.1, 0.15) is 31.0 Å². The third-order valence-electron chi connectivity index (χ3n) is 5.98. The summed E-state index contributed by atoms with van der Waals surface area (Å²) in [5.41, 5.74) is 4.70. The fourth-order valence-corrected chi connectivity index (χ4v) is 4.06. The van der Waals surface area contributed by atoms with Crippen LogP contribution in [0.15, 0.2) is 36.5 Å². The highest BCUT2D eigenvalue weighted by atomic mass is 19.1. The molecule has 3 N–H and O–H groups in total. The minimum atomic E-state index is -0.643. The van der Waals surface area contributed by atoms with Crippen LogP contribution in [0.3, 0.4) is 0 Å². The molecule has 0 atom stereocenters. The summed E-state index contributed by atoms with van der Waals surface area (Å²) in [6.07, 6.45) is 4.43. The lowest BCUT2D eigenvalue weighted by Crippen LogP contribution is -2.27. The van der Waals surface area contributed by atoms with Crippen molar-refractivity contribution >= 4 is 16.8 Å². The van der Waals surface area contributed by atoms with Gasteiger partial charge in [-0.1, -0.05) is 13.0 Å². The van der Waals surface area contributed by atoms with E-state index in [4.69, 9.17) is 0 Å². The second-order valence-electron chi connectivity index (χ2n) is 8.36. The quantitative estimate of drug-likeness (QED) is 0.420. The number of hydrogen-bond donors (Lipinski definition) is 3. The van der Waals surface area contributed by atoms with Gasteiger partial charge >= 0.3 is 0 Å². The van der Waals surface area contributed by atoms with Crippen molar-refractivity contribution in [3.05, 3.63) is 53.6 Å². The van der Waals surface area contributed by atoms with E-state index in [1.165, 1.54) is 12.1 Å². The molecule has 164 valence electrons. The summed E-state index contributed by atoms with van der Waals surface area (Å²) in [5.74, 6) is -0.0109. The number of fused-ring (bicyclic) bond motifs is 1. The summed E-state index contributed by atoms with van der Waals surface area (Å²) in [4.78, 5) is 21.7. The molecule has 1 fully saturated rings. The molecule has 0 radical (unpaired) electrons. The molecule has 7 nitrogen and oxygen atoms in total. The number of hydrogen-bond acceptors (Lipinski definition) is 4. The number of aromatic nitrogens is 4. The molecule has 2 aromatic carbocycles. The highest BCUT2D eigenvalue weighted by molar-refractivity contribution is 5.94. The Morgan fingerprint density at radius 2 is 2.09 bits per heavy atom. The molecule has 0 spiro atoms. The number of phenolic OH excluding ortho intramolecular Hbond substituents is 1. The number of H-pyrrole nitrogens is 2. The number of benzene rings is 2. The van der Waals surface area contributed by atoms with Crippen LogP contribution < -0.4 is 0 Å². The van der Waals surface area contributed by atoms with Crippen molar-refractivity contribution in [1.29, 1.82) is 0 Å². The highest BCUT2D eigenvalue weighted by Crippen LogP contribution is 2.34. The number of aromatic hydroxyl groups is 1. The van der Waals surface area contributed by atoms with Crippen LogP contribution in [0.2, 0.25) is 0 Å². The number of carbonyl (C=O) groups excluding carboxylic acids is 1. The number of nitrogens with one attached hydrogen (secondary N) is 2. The van der Waals surface area contributed by atoms with Gasteiger partial charge in [0.05, 0.1) is 17.8 Å². The van der Waals surface area contributed by atoms with E-state index in [0.717, 1.165) is 46.1 Å². The molecule has 8 heteroatoms. The van der Waals surface area contributed by atoms with Crippen molar-refractivity contribution in [3.8, 4) is 28.4 Å². The highest BCUT2D eigenvalue weighted by Gasteiger charge is 2.32. The Hall–Kier alpha value is -3.68. The number of halogens is 1. The molecule has 32 heavy (non-hydrogen) atoms. The predicted octanol–water partition coefficient (Wildman–Crippen LogP) is 4.40. The Bertz CT molecular complexity index is 1320. The van der Waals surface area contributed by atoms with Crippen LogP contribution in [-0.4, -0.2) is 43.1 Å². The Labute approximate surface area is 184 Å². The molecule has 5 rings (SSSR count). The van der Waals surface area contributed by atoms with Gasteiger partial charge in [0.15, 0.2) is 17.4 Å². The van der Waals surface area contributed by atoms with Crippen LogP contribution in [0.4, 0.5) is 4.39 Å². The number of aryl methyl sites for hydroxylation is 1. The monoisotopic (exact) mass is 433 g/mol. The number of nitrogens with zero attached hydrogens (tertiary/aromatic N) is 3. The lowest BCUT2D eigenvalue weighted by Gasteiger charge is -2.14. The molecule has 0 unspecified atom stereocenters. The molecule has 1 saturated carbocycles. The first-order valence-corrected chi connectivity index (χ1v) is 10.7. The first-order chi connectivity index (χ1) is 15.4. The standard InChI is InChI=1S/C24H24FN5O2/c1-3-13-9-21(31)19(25)10-18(13)15-6-7-17-20(8-15)28-29-22(17)23-26-11-16(27-23)12-30(2)24(32)14-4-5-14/h6-11,14,31H,3-5,12H2,1-2H3,(H,26,27)(H,28,29). The third-order valence-corrected chi connectivity index (χ3v) is 5.98. The largest absolute Gasteiger partial charge is 0.505 e. The normalized spacial score (nSPS) is 13.6. The molecule has 2 aromatic heterocycles. The van der Waals surface area contributed by atoms with E-state index in [2.05, 4.69) is 20.2 Å². The molecule has 2 heterocycles. The zero-order chi connectivity index (χ0) is 22.4. The third kappa shape index (κ3) is 3.62. The van der Waals surface area contributed by atoms with Gasteiger partial charge in [0, 0.05) is 24.5 Å². The molecule has 0 aliphatic heterocycles. The smallest absolute Gasteiger partial charge is 0.225 e. The van der Waals surface area contributed by atoms with E-state index in [1.54, 1.807) is 18.1 Å². The maximum Gasteiger partial charge on any atom is 0.225 e. The minimum absolute atomic E-state index is 0.171. The zero-order valence-corrected chi connectivity index (χ0v) is 17.9. The molecular formula is C24H24FN5O2. The van der Waals surface area contributed by atoms with Crippen LogP contribution in [-0.2, 0) is 17.8 Å². The van der Waals surface area contributed by atoms with Crippen molar-refractivity contribution in [2.24, 2.45) is 5.92 Å². The van der Waals surface area contributed by atoms with Gasteiger partial charge in [-0.3, -0.25) is 9.89 Å². The number of phenols is 1. The van der Waals surface area contributed by atoms with Gasteiger partial charge in [0.1, 0.15) is 5.69 Å². The summed E-state index contributed by atoms with van der Waals surface area (Å²) < 4.78 is 14.0. The summed E-state index contributed by atoms with van der Waals surface area (Å²) in [7, 11) is 1.80. The van der Waals surface area contributed by atoms with Crippen molar-refractivity contribution in [2.75, 3.05) is 7.05 Å². The first kappa shape index (κ1) is 20.2. The second-order valence-corrected chi connectivity index (χ2v) is 8.36. The summed E-state index contributed by atoms with van der Waals surface area (Å²) >= 11 is 0. The number of amides is 1. The summed E-state index contributed by atoms with van der Waals surface area (Å²) in [6.45, 7) is 2.41. The second kappa shape index (κ2) is 7.78. The lowest BCUT2D eigenvalue weighted by atomic mass is 9.96. The van der Waals surface area contributed by atoms with Gasteiger partial charge in [0.25, 0.3) is 0 Å². The molecule has 4 aromatic rings. The average Bonchev–Trinajstić information content (AvgIpc) is 3.40. The molecule has 0 saturated heterocycles. The van der Waals surface area contributed by atoms with Crippen molar-refractivity contribution in [3.63, 3.8) is 0 Å². The minimum Gasteiger partial charge on any atom is -0.505 e. The predicted molar refractivity (Wildman–Crippen MR) is 119 cm³/mol. The number of rotatable bonds is 6. The molecule has 1 aliphatic rings. The van der Waals surface area contributed by atoms with E-state index in [1.807, 2.05) is 25.1 Å². The van der Waals surface area contributed by atoms with Gasteiger partial charge in [-0.15, -0.1) is 0 Å². The van der Waals surface area contributed by atoms with Gasteiger partial charge in [-0.2, -0.15) is 5.10 Å². The van der Waals surface area contributed by atoms with Crippen LogP contribution in [0.25, 0.3) is 33.5 Å². The van der Waals surface area contributed by atoms with Crippen molar-refractivity contribution in [2.45, 2.75) is 32.7 Å². The summed E-state index contributed by atoms with van der Waals surface area (Å²) in [6, 6.07) is 8.60. The Morgan fingerprint density at radius 1 is 1.28 bits per heavy atom. The van der Waals surface area contributed by atoms with E-state index >= 15 is 0 Å². The van der Waals surface area contributed by atoms with Crippen LogP contribution in [0.5, 0.6) is 5.75 Å². The first-order valence-electron chi connectivity index (χ1n) is 10.7. The number of carbonyl (C=O) groups is 1. The Kier molecular flexibility index (Phi) is 4.92. The fraction of sp³-hybridized carbons (Fsp3) is 0.292. The maximum atomic E-state index is 14.0. The molecule has 1 amide bonds. The SMILES string of the molecule is CCc1cc(O)c(F)cc1-c1ccc2c(-c3nc(CN(C)C(=O)C4CC4)c[nH]3)n[nH]c2c1. The van der Waals surface area contributed by atoms with Crippen molar-refractivity contribution < 1.29 is 14.3 Å². The van der Waals surface area contributed by atoms with E-state index in [-0.39, 0.29) is 17.6 Å². The Balaban J connectivity index is 1.43. The molecule has 0 bridgehead atoms. The van der Waals surface area contributed by atoms with Crippen LogP contribution >= 0.6 is 0 Å². The Morgan fingerprint density at radius 3 is 2.84 bits per heavy atom. The number of imidazole rings is 1. The molecule has 1 aliphatic carbocycles.